The molecule has 0 radical (unpaired) electrons. The van der Waals surface area contributed by atoms with E-state index in [0.717, 1.165) is 11.8 Å². The van der Waals surface area contributed by atoms with E-state index in [1.54, 1.807) is 20.1 Å². The highest BCUT2D eigenvalue weighted by Crippen LogP contribution is 2.34. The summed E-state index contributed by atoms with van der Waals surface area (Å²) in [4.78, 5) is 3.95. The van der Waals surface area contributed by atoms with Crippen LogP contribution in [0.15, 0.2) is 36.5 Å². The average Bonchev–Trinajstić information content (AvgIpc) is 2.39. The molecule has 0 saturated heterocycles. The number of aryl methyl sites for hydroxylation is 1. The number of nitrogens with zero attached hydrogens (tertiary/aromatic N) is 1. The Morgan fingerprint density at radius 1 is 1.26 bits per heavy atom. The molecule has 1 aromatic heterocycles. The number of ether oxygens (including phenoxy) is 1. The molecular formula is C15H16FNO2. The Morgan fingerprint density at radius 3 is 2.58 bits per heavy atom. The van der Waals surface area contributed by atoms with Crippen LogP contribution < -0.4 is 4.74 Å². The van der Waals surface area contributed by atoms with E-state index in [2.05, 4.69) is 4.98 Å². The number of hydrogen-bond acceptors (Lipinski definition) is 3. The zero-order valence-corrected chi connectivity index (χ0v) is 11.1. The summed E-state index contributed by atoms with van der Waals surface area (Å²) < 4.78 is 18.2. The largest absolute Gasteiger partial charge is 0.496 e. The number of benzene rings is 1. The highest BCUT2D eigenvalue weighted by Gasteiger charge is 2.30. The SMILES string of the molecule is COc1ccc(C)cc1C(C)(O)c1ccc(F)cn1. The third-order valence-corrected chi connectivity index (χ3v) is 3.11. The molecule has 2 aromatic rings. The van der Waals surface area contributed by atoms with E-state index in [0.29, 0.717) is 17.0 Å². The number of aromatic nitrogens is 1. The standard InChI is InChI=1S/C15H16FNO2/c1-10-4-6-13(19-3)12(8-10)15(2,18)14-7-5-11(16)9-17-14/h4-9,18H,1-3H3. The van der Waals surface area contributed by atoms with Crippen LogP contribution in [0.2, 0.25) is 0 Å². The molecule has 3 nitrogen and oxygen atoms in total. The fourth-order valence-corrected chi connectivity index (χ4v) is 2.00. The predicted octanol–water partition coefficient (Wildman–Crippen LogP) is 2.79. The fraction of sp³-hybridized carbons (Fsp3) is 0.267. The first-order valence-electron chi connectivity index (χ1n) is 5.94. The van der Waals surface area contributed by atoms with E-state index in [4.69, 9.17) is 4.74 Å². The second-order valence-corrected chi connectivity index (χ2v) is 4.64. The van der Waals surface area contributed by atoms with E-state index in [-0.39, 0.29) is 0 Å². The van der Waals surface area contributed by atoms with E-state index in [9.17, 15) is 9.50 Å². The van der Waals surface area contributed by atoms with Crippen molar-refractivity contribution in [1.82, 2.24) is 4.98 Å². The number of aliphatic hydroxyl groups is 1. The summed E-state index contributed by atoms with van der Waals surface area (Å²) in [5, 5.41) is 10.7. The van der Waals surface area contributed by atoms with Gasteiger partial charge < -0.3 is 9.84 Å². The lowest BCUT2D eigenvalue weighted by atomic mass is 9.90. The Hall–Kier alpha value is -1.94. The Labute approximate surface area is 111 Å². The summed E-state index contributed by atoms with van der Waals surface area (Å²) in [6, 6.07) is 8.28. The lowest BCUT2D eigenvalue weighted by molar-refractivity contribution is 0.0940. The first-order chi connectivity index (χ1) is 8.95. The van der Waals surface area contributed by atoms with Gasteiger partial charge >= 0.3 is 0 Å². The Kier molecular flexibility index (Phi) is 3.53. The van der Waals surface area contributed by atoms with Crippen molar-refractivity contribution < 1.29 is 14.2 Å². The third-order valence-electron chi connectivity index (χ3n) is 3.11. The first-order valence-corrected chi connectivity index (χ1v) is 5.94. The van der Waals surface area contributed by atoms with Gasteiger partial charge in [0.15, 0.2) is 0 Å². The molecule has 0 aliphatic heterocycles. The zero-order valence-electron chi connectivity index (χ0n) is 11.1. The van der Waals surface area contributed by atoms with Crippen LogP contribution in [0.5, 0.6) is 5.75 Å². The summed E-state index contributed by atoms with van der Waals surface area (Å²) >= 11 is 0. The van der Waals surface area contributed by atoms with E-state index < -0.39 is 11.4 Å². The normalized spacial score (nSPS) is 13.9. The molecule has 1 atom stereocenters. The monoisotopic (exact) mass is 261 g/mol. The highest BCUT2D eigenvalue weighted by molar-refractivity contribution is 5.44. The molecule has 100 valence electrons. The van der Waals surface area contributed by atoms with Crippen molar-refractivity contribution in [2.45, 2.75) is 19.4 Å². The third kappa shape index (κ3) is 2.58. The molecule has 0 bridgehead atoms. The molecule has 0 aliphatic carbocycles. The molecule has 0 fully saturated rings. The van der Waals surface area contributed by atoms with Gasteiger partial charge in [-0.05, 0) is 38.1 Å². The molecule has 0 amide bonds. The molecule has 1 unspecified atom stereocenters. The van der Waals surface area contributed by atoms with Gasteiger partial charge in [-0.15, -0.1) is 0 Å². The van der Waals surface area contributed by atoms with Crippen LogP contribution in [0.25, 0.3) is 0 Å². The van der Waals surface area contributed by atoms with Crippen LogP contribution in [0.4, 0.5) is 4.39 Å². The highest BCUT2D eigenvalue weighted by atomic mass is 19.1. The second-order valence-electron chi connectivity index (χ2n) is 4.64. The molecule has 1 aromatic carbocycles. The minimum Gasteiger partial charge on any atom is -0.496 e. The predicted molar refractivity (Wildman–Crippen MR) is 70.6 cm³/mol. The van der Waals surface area contributed by atoms with Crippen LogP contribution in [0.1, 0.15) is 23.7 Å². The summed E-state index contributed by atoms with van der Waals surface area (Å²) in [7, 11) is 1.54. The molecule has 1 heterocycles. The lowest BCUT2D eigenvalue weighted by Crippen LogP contribution is -2.25. The van der Waals surface area contributed by atoms with Gasteiger partial charge in [0.05, 0.1) is 19.0 Å². The maximum atomic E-state index is 12.9. The molecule has 19 heavy (non-hydrogen) atoms. The fourth-order valence-electron chi connectivity index (χ4n) is 2.00. The molecule has 0 saturated carbocycles. The van der Waals surface area contributed by atoms with Gasteiger partial charge in [-0.2, -0.15) is 0 Å². The van der Waals surface area contributed by atoms with Gasteiger partial charge in [0.25, 0.3) is 0 Å². The van der Waals surface area contributed by atoms with Crippen molar-refractivity contribution in [1.29, 1.82) is 0 Å². The molecule has 0 spiro atoms. The molecule has 0 aliphatic rings. The van der Waals surface area contributed by atoms with Crippen LogP contribution in [-0.4, -0.2) is 17.2 Å². The maximum absolute atomic E-state index is 12.9. The van der Waals surface area contributed by atoms with Crippen LogP contribution in [0, 0.1) is 12.7 Å². The zero-order chi connectivity index (χ0) is 14.0. The van der Waals surface area contributed by atoms with E-state index in [1.807, 2.05) is 19.1 Å². The van der Waals surface area contributed by atoms with Crippen LogP contribution in [0.3, 0.4) is 0 Å². The van der Waals surface area contributed by atoms with Gasteiger partial charge in [-0.3, -0.25) is 4.98 Å². The van der Waals surface area contributed by atoms with E-state index in [1.165, 1.54) is 12.1 Å². The van der Waals surface area contributed by atoms with Crippen molar-refractivity contribution in [3.05, 3.63) is 59.2 Å². The topological polar surface area (TPSA) is 42.4 Å². The Morgan fingerprint density at radius 2 is 2.00 bits per heavy atom. The molecule has 1 N–H and O–H groups in total. The quantitative estimate of drug-likeness (QED) is 0.923. The number of hydrogen-bond donors (Lipinski definition) is 1. The van der Waals surface area contributed by atoms with Gasteiger partial charge in [0.1, 0.15) is 17.2 Å². The number of pyridine rings is 1. The summed E-state index contributed by atoms with van der Waals surface area (Å²) in [6.45, 7) is 3.54. The van der Waals surface area contributed by atoms with Crippen molar-refractivity contribution in [3.63, 3.8) is 0 Å². The number of rotatable bonds is 3. The smallest absolute Gasteiger partial charge is 0.141 e. The van der Waals surface area contributed by atoms with Gasteiger partial charge in [-0.1, -0.05) is 11.6 Å². The summed E-state index contributed by atoms with van der Waals surface area (Å²) in [5.74, 6) is 0.137. The second kappa shape index (κ2) is 4.97. The van der Waals surface area contributed by atoms with Crippen LogP contribution >= 0.6 is 0 Å². The lowest BCUT2D eigenvalue weighted by Gasteiger charge is -2.25. The molecule has 4 heteroatoms. The van der Waals surface area contributed by atoms with E-state index >= 15 is 0 Å². The maximum Gasteiger partial charge on any atom is 0.141 e. The average molecular weight is 261 g/mol. The van der Waals surface area contributed by atoms with Gasteiger partial charge in [0.2, 0.25) is 0 Å². The van der Waals surface area contributed by atoms with Crippen molar-refractivity contribution in [2.24, 2.45) is 0 Å². The summed E-state index contributed by atoms with van der Waals surface area (Å²) in [6.07, 6.45) is 1.09. The van der Waals surface area contributed by atoms with Crippen molar-refractivity contribution >= 4 is 0 Å². The van der Waals surface area contributed by atoms with Crippen molar-refractivity contribution in [3.8, 4) is 5.75 Å². The first kappa shape index (κ1) is 13.5. The Bertz CT molecular complexity index is 579. The molecular weight excluding hydrogens is 245 g/mol. The Balaban J connectivity index is 2.55. The minimum absolute atomic E-state index is 0.373. The van der Waals surface area contributed by atoms with Gasteiger partial charge in [0, 0.05) is 5.56 Å². The molecule has 2 rings (SSSR count). The summed E-state index contributed by atoms with van der Waals surface area (Å²) in [5.41, 5.74) is 0.635. The number of methoxy groups -OCH3 is 1. The van der Waals surface area contributed by atoms with Crippen LogP contribution in [-0.2, 0) is 5.60 Å². The number of halogens is 1. The van der Waals surface area contributed by atoms with Gasteiger partial charge in [-0.25, -0.2) is 4.39 Å². The van der Waals surface area contributed by atoms with Crippen molar-refractivity contribution in [2.75, 3.05) is 7.11 Å². The minimum atomic E-state index is -1.34.